The van der Waals surface area contributed by atoms with Crippen LogP contribution < -0.4 is 0 Å². The summed E-state index contributed by atoms with van der Waals surface area (Å²) >= 11 is 0. The SMILES string of the molecule is c1cn(-c2cc(-c3cc(-n4ccnc4)cc(-n4ccnc4)c3)cc(-n3ccnc3)c2)cn1. The van der Waals surface area contributed by atoms with E-state index in [-0.39, 0.29) is 0 Å². The fourth-order valence-electron chi connectivity index (χ4n) is 3.77. The lowest BCUT2D eigenvalue weighted by atomic mass is 10.0. The van der Waals surface area contributed by atoms with Crippen LogP contribution in [0.15, 0.2) is 111 Å². The van der Waals surface area contributed by atoms with Gasteiger partial charge in [0.05, 0.1) is 25.3 Å². The van der Waals surface area contributed by atoms with Crippen LogP contribution in [0.5, 0.6) is 0 Å². The van der Waals surface area contributed by atoms with E-state index in [0.717, 1.165) is 33.9 Å². The Balaban J connectivity index is 1.57. The summed E-state index contributed by atoms with van der Waals surface area (Å²) in [5.74, 6) is 0. The monoisotopic (exact) mass is 418 g/mol. The minimum Gasteiger partial charge on any atom is -0.306 e. The molecule has 8 nitrogen and oxygen atoms in total. The molecule has 32 heavy (non-hydrogen) atoms. The average molecular weight is 418 g/mol. The van der Waals surface area contributed by atoms with Crippen LogP contribution in [0.3, 0.4) is 0 Å². The molecule has 0 saturated heterocycles. The van der Waals surface area contributed by atoms with E-state index in [1.165, 1.54) is 0 Å². The molecule has 4 aromatic heterocycles. The van der Waals surface area contributed by atoms with Crippen LogP contribution in [-0.2, 0) is 0 Å². The molecule has 4 heterocycles. The van der Waals surface area contributed by atoms with Gasteiger partial charge in [-0.25, -0.2) is 19.9 Å². The van der Waals surface area contributed by atoms with Crippen molar-refractivity contribution in [3.05, 3.63) is 111 Å². The van der Waals surface area contributed by atoms with Crippen molar-refractivity contribution in [3.63, 3.8) is 0 Å². The molecule has 0 atom stereocenters. The van der Waals surface area contributed by atoms with Gasteiger partial charge in [-0.3, -0.25) is 0 Å². The summed E-state index contributed by atoms with van der Waals surface area (Å²) in [6.45, 7) is 0. The molecule has 0 radical (unpaired) electrons. The van der Waals surface area contributed by atoms with Crippen molar-refractivity contribution in [2.45, 2.75) is 0 Å². The molecule has 8 heteroatoms. The smallest absolute Gasteiger partial charge is 0.0991 e. The molecule has 0 fully saturated rings. The first-order chi connectivity index (χ1) is 15.8. The molecular formula is C24H18N8. The van der Waals surface area contributed by atoms with Gasteiger partial charge in [-0.2, -0.15) is 0 Å². The lowest BCUT2D eigenvalue weighted by Crippen LogP contribution is -1.99. The van der Waals surface area contributed by atoms with Gasteiger partial charge in [0.25, 0.3) is 0 Å². The number of benzene rings is 2. The summed E-state index contributed by atoms with van der Waals surface area (Å²) in [5.41, 5.74) is 6.20. The minimum absolute atomic E-state index is 1.01. The maximum absolute atomic E-state index is 4.21. The summed E-state index contributed by atoms with van der Waals surface area (Å²) in [7, 11) is 0. The molecule has 0 bridgehead atoms. The molecule has 2 aromatic carbocycles. The number of rotatable bonds is 5. The van der Waals surface area contributed by atoms with Crippen molar-refractivity contribution in [1.29, 1.82) is 0 Å². The highest BCUT2D eigenvalue weighted by molar-refractivity contribution is 5.73. The van der Waals surface area contributed by atoms with E-state index in [1.807, 2.05) is 43.1 Å². The fourth-order valence-corrected chi connectivity index (χ4v) is 3.77. The summed E-state index contributed by atoms with van der Waals surface area (Å²) in [4.78, 5) is 16.8. The third-order valence-corrected chi connectivity index (χ3v) is 5.35. The molecule has 6 aromatic rings. The summed E-state index contributed by atoms with van der Waals surface area (Å²) in [6, 6.07) is 12.9. The fraction of sp³-hybridized carbons (Fsp3) is 0. The maximum atomic E-state index is 4.21. The highest BCUT2D eigenvalue weighted by Gasteiger charge is 2.10. The Bertz CT molecular complexity index is 1230. The molecule has 0 aliphatic rings. The number of nitrogens with zero attached hydrogens (tertiary/aromatic N) is 8. The van der Waals surface area contributed by atoms with Gasteiger partial charge in [0.2, 0.25) is 0 Å². The number of hydrogen-bond acceptors (Lipinski definition) is 4. The van der Waals surface area contributed by atoms with E-state index in [9.17, 15) is 0 Å². The zero-order valence-corrected chi connectivity index (χ0v) is 17.0. The highest BCUT2D eigenvalue weighted by Crippen LogP contribution is 2.30. The van der Waals surface area contributed by atoms with Crippen molar-refractivity contribution in [3.8, 4) is 33.9 Å². The van der Waals surface area contributed by atoms with Crippen molar-refractivity contribution in [1.82, 2.24) is 38.2 Å². The van der Waals surface area contributed by atoms with Crippen LogP contribution in [-0.4, -0.2) is 38.2 Å². The van der Waals surface area contributed by atoms with Crippen LogP contribution in [0.1, 0.15) is 0 Å². The van der Waals surface area contributed by atoms with Crippen LogP contribution in [0, 0.1) is 0 Å². The molecule has 0 aliphatic heterocycles. The quantitative estimate of drug-likeness (QED) is 0.423. The number of hydrogen-bond donors (Lipinski definition) is 0. The van der Waals surface area contributed by atoms with Crippen LogP contribution >= 0.6 is 0 Å². The molecule has 0 N–H and O–H groups in total. The van der Waals surface area contributed by atoms with Gasteiger partial charge in [-0.15, -0.1) is 0 Å². The highest BCUT2D eigenvalue weighted by atomic mass is 15.1. The lowest BCUT2D eigenvalue weighted by molar-refractivity contribution is 1.02. The van der Waals surface area contributed by atoms with Gasteiger partial charge in [0.1, 0.15) is 0 Å². The van der Waals surface area contributed by atoms with E-state index in [0.29, 0.717) is 0 Å². The van der Waals surface area contributed by atoms with Crippen LogP contribution in [0.4, 0.5) is 0 Å². The third kappa shape index (κ3) is 3.29. The summed E-state index contributed by atoms with van der Waals surface area (Å²) in [5, 5.41) is 0. The van der Waals surface area contributed by atoms with Crippen LogP contribution in [0.25, 0.3) is 33.9 Å². The van der Waals surface area contributed by atoms with E-state index in [2.05, 4.69) is 56.3 Å². The van der Waals surface area contributed by atoms with Crippen LogP contribution in [0.2, 0.25) is 0 Å². The minimum atomic E-state index is 1.01. The van der Waals surface area contributed by atoms with E-state index in [4.69, 9.17) is 0 Å². The van der Waals surface area contributed by atoms with Crippen molar-refractivity contribution in [2.75, 3.05) is 0 Å². The Hall–Kier alpha value is -4.72. The van der Waals surface area contributed by atoms with E-state index >= 15 is 0 Å². The second-order valence-electron chi connectivity index (χ2n) is 7.36. The maximum Gasteiger partial charge on any atom is 0.0991 e. The predicted molar refractivity (Wildman–Crippen MR) is 120 cm³/mol. The van der Waals surface area contributed by atoms with Crippen molar-refractivity contribution in [2.24, 2.45) is 0 Å². The van der Waals surface area contributed by atoms with Gasteiger partial charge < -0.3 is 18.3 Å². The topological polar surface area (TPSA) is 71.3 Å². The van der Waals surface area contributed by atoms with E-state index in [1.54, 1.807) is 50.1 Å². The predicted octanol–water partition coefficient (Wildman–Crippen LogP) is 4.10. The molecule has 0 saturated carbocycles. The normalized spacial score (nSPS) is 11.1. The zero-order valence-electron chi connectivity index (χ0n) is 17.0. The third-order valence-electron chi connectivity index (χ3n) is 5.35. The van der Waals surface area contributed by atoms with Gasteiger partial charge in [0, 0.05) is 72.3 Å². The second-order valence-corrected chi connectivity index (χ2v) is 7.36. The standard InChI is InChI=1S/C24H18N8/c1-5-29(15-25-1)21-9-19(10-22(13-21)30-6-2-26-16-30)20-11-23(31-7-3-27-17-31)14-24(12-20)32-8-4-28-18-32/h1-18H. The summed E-state index contributed by atoms with van der Waals surface area (Å²) < 4.78 is 8.00. The zero-order chi connectivity index (χ0) is 21.3. The van der Waals surface area contributed by atoms with E-state index < -0.39 is 0 Å². The number of aromatic nitrogens is 8. The van der Waals surface area contributed by atoms with Gasteiger partial charge >= 0.3 is 0 Å². The Morgan fingerprint density at radius 3 is 0.875 bits per heavy atom. The molecular weight excluding hydrogens is 400 g/mol. The molecule has 0 spiro atoms. The Morgan fingerprint density at radius 1 is 0.375 bits per heavy atom. The largest absolute Gasteiger partial charge is 0.306 e. The molecule has 154 valence electrons. The Kier molecular flexibility index (Phi) is 4.25. The second kappa shape index (κ2) is 7.51. The molecule has 0 amide bonds. The Labute approximate surface area is 183 Å². The first-order valence-corrected chi connectivity index (χ1v) is 10.1. The lowest BCUT2D eigenvalue weighted by Gasteiger charge is -2.14. The van der Waals surface area contributed by atoms with Gasteiger partial charge in [-0.05, 0) is 47.5 Å². The van der Waals surface area contributed by atoms with Crippen molar-refractivity contribution >= 4 is 0 Å². The van der Waals surface area contributed by atoms with Gasteiger partial charge in [0.15, 0.2) is 0 Å². The molecule has 6 rings (SSSR count). The molecule has 0 unspecified atom stereocenters. The number of imidazole rings is 4. The van der Waals surface area contributed by atoms with Gasteiger partial charge in [-0.1, -0.05) is 0 Å². The Morgan fingerprint density at radius 2 is 0.656 bits per heavy atom. The average Bonchev–Trinajstić information content (AvgIpc) is 3.67. The molecule has 0 aliphatic carbocycles. The van der Waals surface area contributed by atoms with Crippen molar-refractivity contribution < 1.29 is 0 Å². The first-order valence-electron chi connectivity index (χ1n) is 10.1. The summed E-state index contributed by atoms with van der Waals surface area (Å²) in [6.07, 6.45) is 22.1. The first kappa shape index (κ1) is 18.1.